The number of amides is 1. The van der Waals surface area contributed by atoms with Crippen LogP contribution in [0.4, 0.5) is 18.0 Å². The van der Waals surface area contributed by atoms with Gasteiger partial charge in [0.25, 0.3) is 5.56 Å². The Balaban J connectivity index is 1.00. The number of ether oxygens (including phenoxy) is 9. The smallest absolute Gasteiger partial charge is 0.432 e. The van der Waals surface area contributed by atoms with Crippen LogP contribution in [-0.4, -0.2) is 141 Å². The molecule has 0 bridgehead atoms. The van der Waals surface area contributed by atoms with Gasteiger partial charge in [-0.15, -0.1) is 0 Å². The summed E-state index contributed by atoms with van der Waals surface area (Å²) >= 11 is 0. The van der Waals surface area contributed by atoms with Gasteiger partial charge in [0.1, 0.15) is 13.2 Å². The number of halogens is 3. The number of fused-ring (bicyclic) bond motifs is 1. The summed E-state index contributed by atoms with van der Waals surface area (Å²) in [5.41, 5.74) is -1.03. The van der Waals surface area contributed by atoms with Crippen LogP contribution in [-0.2, 0) is 53.6 Å². The number of pyridine rings is 1. The van der Waals surface area contributed by atoms with E-state index >= 15 is 0 Å². The monoisotopic (exact) mass is 798 g/mol. The summed E-state index contributed by atoms with van der Waals surface area (Å²) in [5.74, 6) is -0.946. The molecule has 1 fully saturated rings. The number of hydrogen-bond acceptors (Lipinski definition) is 13. The molecule has 2 atom stereocenters. The van der Waals surface area contributed by atoms with Crippen LogP contribution in [0.2, 0.25) is 0 Å². The Hall–Kier alpha value is -4.14. The maximum atomic E-state index is 13.6. The minimum Gasteiger partial charge on any atom is -0.432 e. The van der Waals surface area contributed by atoms with E-state index in [-0.39, 0.29) is 62.0 Å². The van der Waals surface area contributed by atoms with Gasteiger partial charge in [-0.3, -0.25) is 9.59 Å². The minimum atomic E-state index is -4.60. The van der Waals surface area contributed by atoms with E-state index in [2.05, 4.69) is 10.3 Å². The zero-order valence-electron chi connectivity index (χ0n) is 31.0. The zero-order chi connectivity index (χ0) is 40.0. The average Bonchev–Trinajstić information content (AvgIpc) is 3.56. The molecule has 4 rings (SSSR count). The number of carbonyl (C=O) groups excluding carboxylic acids is 2. The third-order valence-corrected chi connectivity index (χ3v) is 8.30. The normalized spacial score (nSPS) is 15.7. The first-order valence-corrected chi connectivity index (χ1v) is 18.3. The van der Waals surface area contributed by atoms with Gasteiger partial charge >= 0.3 is 12.3 Å². The van der Waals surface area contributed by atoms with E-state index in [0.29, 0.717) is 90.2 Å². The molecule has 3 N–H and O–H groups in total. The number of benzene rings is 2. The van der Waals surface area contributed by atoms with Crippen LogP contribution in [0.3, 0.4) is 0 Å². The molecule has 3 aromatic rings. The molecule has 310 valence electrons. The van der Waals surface area contributed by atoms with Crippen molar-refractivity contribution in [3.63, 3.8) is 0 Å². The molecule has 2 heterocycles. The second kappa shape index (κ2) is 24.5. The zero-order valence-corrected chi connectivity index (χ0v) is 31.0. The maximum absolute atomic E-state index is 13.6. The van der Waals surface area contributed by atoms with Gasteiger partial charge in [-0.25, -0.2) is 4.79 Å². The van der Waals surface area contributed by atoms with Crippen molar-refractivity contribution in [1.82, 2.24) is 10.3 Å². The topological polar surface area (TPSA) is 182 Å². The Kier molecular flexibility index (Phi) is 19.5. The van der Waals surface area contributed by atoms with Crippen LogP contribution in [0.15, 0.2) is 53.3 Å². The lowest BCUT2D eigenvalue weighted by Gasteiger charge is -2.14. The SMILES string of the molecule is O=C(OCCOCCOCCOCCOCCOCCOCCOCCO)OCC1C[C@@H](c2ccc3cc(-c4ccccc4C(F)(F)F)[nH]c(=O)c3c2)C(=O)N1. The molecule has 0 saturated carbocycles. The fourth-order valence-electron chi connectivity index (χ4n) is 5.63. The highest BCUT2D eigenvalue weighted by atomic mass is 19.4. The van der Waals surface area contributed by atoms with Gasteiger partial charge < -0.3 is 58.0 Å². The third-order valence-electron chi connectivity index (χ3n) is 8.30. The lowest BCUT2D eigenvalue weighted by molar-refractivity contribution is -0.137. The molecule has 56 heavy (non-hydrogen) atoms. The Morgan fingerprint density at radius 2 is 1.23 bits per heavy atom. The van der Waals surface area contributed by atoms with Crippen molar-refractivity contribution in [2.45, 2.75) is 24.6 Å². The molecule has 18 heteroatoms. The summed E-state index contributed by atoms with van der Waals surface area (Å²) in [4.78, 5) is 40.4. The van der Waals surface area contributed by atoms with Gasteiger partial charge in [0, 0.05) is 16.6 Å². The fourth-order valence-corrected chi connectivity index (χ4v) is 5.63. The van der Waals surface area contributed by atoms with Crippen molar-refractivity contribution in [1.29, 1.82) is 0 Å². The van der Waals surface area contributed by atoms with Gasteiger partial charge in [-0.05, 0) is 35.6 Å². The van der Waals surface area contributed by atoms with Gasteiger partial charge in [-0.1, -0.05) is 30.3 Å². The predicted molar refractivity (Wildman–Crippen MR) is 194 cm³/mol. The largest absolute Gasteiger partial charge is 0.508 e. The summed E-state index contributed by atoms with van der Waals surface area (Å²) in [6.45, 7) is 5.18. The molecule has 1 unspecified atom stereocenters. The average molecular weight is 799 g/mol. The summed E-state index contributed by atoms with van der Waals surface area (Å²) in [5, 5.41) is 12.0. The number of aliphatic hydroxyl groups is 1. The highest BCUT2D eigenvalue weighted by molar-refractivity contribution is 5.90. The number of alkyl halides is 3. The van der Waals surface area contributed by atoms with E-state index in [4.69, 9.17) is 47.7 Å². The fraction of sp³-hybridized carbons (Fsp3) is 0.553. The first kappa shape index (κ1) is 44.6. The Morgan fingerprint density at radius 1 is 0.696 bits per heavy atom. The lowest BCUT2D eigenvalue weighted by atomic mass is 9.93. The molecule has 0 aliphatic carbocycles. The Labute approximate surface area is 321 Å². The van der Waals surface area contributed by atoms with Crippen molar-refractivity contribution in [2.24, 2.45) is 0 Å². The molecule has 2 aromatic carbocycles. The van der Waals surface area contributed by atoms with Gasteiger partial charge in [0.05, 0.1) is 117 Å². The Bertz CT molecular complexity index is 1690. The van der Waals surface area contributed by atoms with Gasteiger partial charge in [-0.2, -0.15) is 13.2 Å². The quantitative estimate of drug-likeness (QED) is 0.0755. The minimum absolute atomic E-state index is 0.00396. The van der Waals surface area contributed by atoms with E-state index in [1.54, 1.807) is 18.2 Å². The van der Waals surface area contributed by atoms with Crippen LogP contribution >= 0.6 is 0 Å². The number of aromatic amines is 1. The van der Waals surface area contributed by atoms with E-state index < -0.39 is 35.4 Å². The van der Waals surface area contributed by atoms with Gasteiger partial charge in [0.15, 0.2) is 0 Å². The van der Waals surface area contributed by atoms with Crippen molar-refractivity contribution < 1.29 is 70.5 Å². The number of aromatic nitrogens is 1. The van der Waals surface area contributed by atoms with Crippen LogP contribution < -0.4 is 10.9 Å². The molecule has 1 saturated heterocycles. The number of carbonyl (C=O) groups is 2. The molecule has 1 amide bonds. The second-order valence-electron chi connectivity index (χ2n) is 12.3. The molecule has 1 aliphatic heterocycles. The van der Waals surface area contributed by atoms with Crippen molar-refractivity contribution >= 4 is 22.8 Å². The highest BCUT2D eigenvalue weighted by Gasteiger charge is 2.35. The first-order valence-electron chi connectivity index (χ1n) is 18.3. The first-order chi connectivity index (χ1) is 27.2. The van der Waals surface area contributed by atoms with E-state index in [1.165, 1.54) is 24.3 Å². The van der Waals surface area contributed by atoms with Crippen LogP contribution in [0, 0.1) is 0 Å². The predicted octanol–water partition coefficient (Wildman–Crippen LogP) is 3.45. The number of hydrogen-bond donors (Lipinski definition) is 3. The maximum Gasteiger partial charge on any atom is 0.508 e. The number of aliphatic hydroxyl groups excluding tert-OH is 1. The molecular weight excluding hydrogens is 749 g/mol. The molecule has 1 aliphatic rings. The van der Waals surface area contributed by atoms with E-state index in [9.17, 15) is 27.6 Å². The van der Waals surface area contributed by atoms with Gasteiger partial charge in [0.2, 0.25) is 5.91 Å². The standard InChI is InChI=1S/C38H49F3N2O13/c39-38(40,41)33-4-2-1-3-30(33)34-24-28-6-5-27(23-31(28)36(46)43-34)32-25-29(42-35(32)45)26-56-37(47)55-22-21-54-20-19-53-18-17-52-16-15-51-14-13-50-12-11-49-10-9-48-8-7-44/h1-6,23-24,29,32,44H,7-22,25-26H2,(H,42,45)(H,43,46)/t29?,32-/m0/s1. The summed E-state index contributed by atoms with van der Waals surface area (Å²) in [7, 11) is 0. The Morgan fingerprint density at radius 3 is 1.79 bits per heavy atom. The summed E-state index contributed by atoms with van der Waals surface area (Å²) in [6, 6.07) is 10.8. The third kappa shape index (κ3) is 15.4. The molecule has 0 spiro atoms. The van der Waals surface area contributed by atoms with Crippen molar-refractivity contribution in [3.8, 4) is 11.3 Å². The van der Waals surface area contributed by atoms with Crippen LogP contribution in [0.5, 0.6) is 0 Å². The number of nitrogens with one attached hydrogen (secondary N) is 2. The summed E-state index contributed by atoms with van der Waals surface area (Å²) < 4.78 is 88.3. The number of H-pyrrole nitrogens is 1. The van der Waals surface area contributed by atoms with E-state index in [0.717, 1.165) is 6.07 Å². The van der Waals surface area contributed by atoms with Crippen molar-refractivity contribution in [3.05, 3.63) is 70.0 Å². The number of rotatable bonds is 27. The van der Waals surface area contributed by atoms with Crippen LogP contribution in [0.25, 0.3) is 22.0 Å². The summed E-state index contributed by atoms with van der Waals surface area (Å²) in [6.07, 6.45) is -5.24. The van der Waals surface area contributed by atoms with Crippen LogP contribution in [0.1, 0.15) is 23.5 Å². The van der Waals surface area contributed by atoms with E-state index in [1.807, 2.05) is 0 Å². The lowest BCUT2D eigenvalue weighted by Crippen LogP contribution is -2.31. The second-order valence-corrected chi connectivity index (χ2v) is 12.3. The molecule has 1 aromatic heterocycles. The van der Waals surface area contributed by atoms with Crippen molar-refractivity contribution in [2.75, 3.05) is 112 Å². The molecular formula is C38H49F3N2O13. The highest BCUT2D eigenvalue weighted by Crippen LogP contribution is 2.37. The molecule has 15 nitrogen and oxygen atoms in total. The molecule has 0 radical (unpaired) electrons.